The van der Waals surface area contributed by atoms with Crippen LogP contribution in [0.15, 0.2) is 42.7 Å². The molecule has 5 nitrogen and oxygen atoms in total. The fourth-order valence-electron chi connectivity index (χ4n) is 1.93. The molecule has 1 aromatic carbocycles. The predicted octanol–water partition coefficient (Wildman–Crippen LogP) is 2.14. The Morgan fingerprint density at radius 1 is 1.27 bits per heavy atom. The summed E-state index contributed by atoms with van der Waals surface area (Å²) < 4.78 is 66.2. The first kappa shape index (κ1) is 16.5. The quantitative estimate of drug-likeness (QED) is 0.912. The molecule has 0 saturated heterocycles. The van der Waals surface area contributed by atoms with Crippen molar-refractivity contribution in [1.29, 1.82) is 0 Å². The molecule has 120 valence electrons. The number of nitrogens with zero attached hydrogens (tertiary/aromatic N) is 2. The highest BCUT2D eigenvalue weighted by Gasteiger charge is 2.43. The van der Waals surface area contributed by atoms with Gasteiger partial charge in [-0.3, -0.25) is 4.68 Å². The van der Waals surface area contributed by atoms with Crippen molar-refractivity contribution < 1.29 is 21.6 Å². The molecule has 0 aliphatic heterocycles. The molecule has 0 aliphatic carbocycles. The Labute approximate surface area is 125 Å². The number of alkyl halides is 3. The van der Waals surface area contributed by atoms with E-state index in [9.17, 15) is 21.6 Å². The maximum atomic E-state index is 13.1. The lowest BCUT2D eigenvalue weighted by Gasteiger charge is -2.20. The van der Waals surface area contributed by atoms with Gasteiger partial charge in [0.1, 0.15) is 6.04 Å². The molecule has 22 heavy (non-hydrogen) atoms. The predicted molar refractivity (Wildman–Crippen MR) is 74.2 cm³/mol. The normalized spacial score (nSPS) is 14.0. The molecule has 0 radical (unpaired) electrons. The minimum Gasteiger partial charge on any atom is -0.275 e. The zero-order chi connectivity index (χ0) is 16.4. The zero-order valence-electron chi connectivity index (χ0n) is 11.6. The SMILES string of the molecule is Cn1cc(C(NS(=O)(=O)Cc2ccccc2)C(F)(F)F)cn1. The van der Waals surface area contributed by atoms with Crippen molar-refractivity contribution in [2.24, 2.45) is 7.05 Å². The van der Waals surface area contributed by atoms with Gasteiger partial charge in [-0.15, -0.1) is 0 Å². The molecule has 1 N–H and O–H groups in total. The highest BCUT2D eigenvalue weighted by molar-refractivity contribution is 7.88. The smallest absolute Gasteiger partial charge is 0.275 e. The van der Waals surface area contributed by atoms with E-state index in [-0.39, 0.29) is 5.56 Å². The summed E-state index contributed by atoms with van der Waals surface area (Å²) in [5.74, 6) is -0.527. The first-order valence-electron chi connectivity index (χ1n) is 6.26. The van der Waals surface area contributed by atoms with Gasteiger partial charge in [0, 0.05) is 18.8 Å². The summed E-state index contributed by atoms with van der Waals surface area (Å²) >= 11 is 0. The lowest BCUT2D eigenvalue weighted by molar-refractivity contribution is -0.153. The number of aryl methyl sites for hydroxylation is 1. The van der Waals surface area contributed by atoms with Crippen LogP contribution < -0.4 is 4.72 Å². The van der Waals surface area contributed by atoms with E-state index in [0.717, 1.165) is 12.4 Å². The summed E-state index contributed by atoms with van der Waals surface area (Å²) in [6.07, 6.45) is -2.64. The summed E-state index contributed by atoms with van der Waals surface area (Å²) in [5.41, 5.74) is 0.147. The topological polar surface area (TPSA) is 64.0 Å². The van der Waals surface area contributed by atoms with Gasteiger partial charge in [0.25, 0.3) is 0 Å². The Bertz CT molecular complexity index is 726. The molecule has 1 aromatic heterocycles. The third-order valence-electron chi connectivity index (χ3n) is 2.88. The highest BCUT2D eigenvalue weighted by Crippen LogP contribution is 2.33. The number of nitrogens with one attached hydrogen (secondary N) is 1. The number of sulfonamides is 1. The molecular formula is C13H14F3N3O2S. The van der Waals surface area contributed by atoms with E-state index in [0.29, 0.717) is 5.56 Å². The van der Waals surface area contributed by atoms with Crippen LogP contribution in [0.2, 0.25) is 0 Å². The Morgan fingerprint density at radius 2 is 1.91 bits per heavy atom. The van der Waals surface area contributed by atoms with Crippen molar-refractivity contribution in [2.45, 2.75) is 18.0 Å². The minimum atomic E-state index is -4.76. The number of rotatable bonds is 5. The minimum absolute atomic E-state index is 0.258. The fourth-order valence-corrected chi connectivity index (χ4v) is 3.27. The van der Waals surface area contributed by atoms with Crippen LogP contribution in [0.5, 0.6) is 0 Å². The monoisotopic (exact) mass is 333 g/mol. The van der Waals surface area contributed by atoms with Crippen LogP contribution in [0.3, 0.4) is 0 Å². The van der Waals surface area contributed by atoms with Gasteiger partial charge in [0.05, 0.1) is 11.9 Å². The second kappa shape index (κ2) is 6.09. The third-order valence-corrected chi connectivity index (χ3v) is 4.19. The number of hydrogen-bond acceptors (Lipinski definition) is 3. The second-order valence-electron chi connectivity index (χ2n) is 4.78. The highest BCUT2D eigenvalue weighted by atomic mass is 32.2. The van der Waals surface area contributed by atoms with E-state index in [1.165, 1.54) is 23.9 Å². The van der Waals surface area contributed by atoms with E-state index < -0.39 is 28.0 Å². The van der Waals surface area contributed by atoms with Crippen LogP contribution in [-0.2, 0) is 22.8 Å². The van der Waals surface area contributed by atoms with E-state index in [2.05, 4.69) is 5.10 Å². The van der Waals surface area contributed by atoms with Crippen LogP contribution >= 0.6 is 0 Å². The Hall–Kier alpha value is -1.87. The summed E-state index contributed by atoms with van der Waals surface area (Å²) in [5, 5.41) is 3.65. The Kier molecular flexibility index (Phi) is 4.57. The fraction of sp³-hybridized carbons (Fsp3) is 0.308. The van der Waals surface area contributed by atoms with Gasteiger partial charge >= 0.3 is 6.18 Å². The largest absolute Gasteiger partial charge is 0.408 e. The molecule has 1 heterocycles. The van der Waals surface area contributed by atoms with Crippen LogP contribution in [0, 0.1) is 0 Å². The van der Waals surface area contributed by atoms with Crippen molar-refractivity contribution >= 4 is 10.0 Å². The van der Waals surface area contributed by atoms with Gasteiger partial charge in [-0.2, -0.15) is 23.0 Å². The Balaban J connectivity index is 2.23. The van der Waals surface area contributed by atoms with Crippen LogP contribution in [0.4, 0.5) is 13.2 Å². The molecule has 0 fully saturated rings. The molecule has 9 heteroatoms. The Morgan fingerprint density at radius 3 is 2.41 bits per heavy atom. The zero-order valence-corrected chi connectivity index (χ0v) is 12.4. The maximum absolute atomic E-state index is 13.1. The van der Waals surface area contributed by atoms with E-state index in [1.807, 2.05) is 0 Å². The van der Waals surface area contributed by atoms with Crippen molar-refractivity contribution in [3.05, 3.63) is 53.9 Å². The van der Waals surface area contributed by atoms with Gasteiger partial charge in [-0.25, -0.2) is 8.42 Å². The lowest BCUT2D eigenvalue weighted by Crippen LogP contribution is -2.38. The van der Waals surface area contributed by atoms with E-state index in [4.69, 9.17) is 0 Å². The molecule has 0 aliphatic rings. The summed E-state index contributed by atoms with van der Waals surface area (Å²) in [7, 11) is -2.71. The molecular weight excluding hydrogens is 319 g/mol. The van der Waals surface area contributed by atoms with Crippen LogP contribution in [0.25, 0.3) is 0 Å². The average molecular weight is 333 g/mol. The first-order valence-corrected chi connectivity index (χ1v) is 7.92. The molecule has 1 unspecified atom stereocenters. The molecule has 0 spiro atoms. The molecule has 1 atom stereocenters. The molecule has 0 bridgehead atoms. The molecule has 0 amide bonds. The lowest BCUT2D eigenvalue weighted by atomic mass is 10.2. The van der Waals surface area contributed by atoms with Gasteiger partial charge in [0.15, 0.2) is 0 Å². The molecule has 2 aromatic rings. The second-order valence-corrected chi connectivity index (χ2v) is 6.54. The van der Waals surface area contributed by atoms with Crippen LogP contribution in [-0.4, -0.2) is 24.4 Å². The number of hydrogen-bond donors (Lipinski definition) is 1. The van der Waals surface area contributed by atoms with E-state index >= 15 is 0 Å². The van der Waals surface area contributed by atoms with Crippen molar-refractivity contribution in [3.8, 4) is 0 Å². The average Bonchev–Trinajstić information content (AvgIpc) is 2.82. The number of aromatic nitrogens is 2. The molecule has 0 saturated carbocycles. The molecule has 2 rings (SSSR count). The van der Waals surface area contributed by atoms with Gasteiger partial charge in [0.2, 0.25) is 10.0 Å². The van der Waals surface area contributed by atoms with Gasteiger partial charge in [-0.05, 0) is 5.56 Å². The summed E-state index contributed by atoms with van der Waals surface area (Å²) in [4.78, 5) is 0. The summed E-state index contributed by atoms with van der Waals surface area (Å²) in [6, 6.07) is 5.67. The van der Waals surface area contributed by atoms with Gasteiger partial charge in [-0.1, -0.05) is 30.3 Å². The van der Waals surface area contributed by atoms with Crippen LogP contribution in [0.1, 0.15) is 17.2 Å². The number of benzene rings is 1. The first-order chi connectivity index (χ1) is 10.2. The maximum Gasteiger partial charge on any atom is 0.408 e. The number of halogens is 3. The van der Waals surface area contributed by atoms with Crippen molar-refractivity contribution in [3.63, 3.8) is 0 Å². The van der Waals surface area contributed by atoms with Crippen molar-refractivity contribution in [1.82, 2.24) is 14.5 Å². The third kappa shape index (κ3) is 4.31. The standard InChI is InChI=1S/C13H14F3N3O2S/c1-19-8-11(7-17-19)12(13(14,15)16)18-22(20,21)9-10-5-3-2-4-6-10/h2-8,12,18H,9H2,1H3. The van der Waals surface area contributed by atoms with E-state index in [1.54, 1.807) is 22.9 Å². The van der Waals surface area contributed by atoms with Gasteiger partial charge < -0.3 is 0 Å². The summed E-state index contributed by atoms with van der Waals surface area (Å²) in [6.45, 7) is 0. The van der Waals surface area contributed by atoms with Crippen molar-refractivity contribution in [2.75, 3.05) is 0 Å².